The topological polar surface area (TPSA) is 84.6 Å². The maximum absolute atomic E-state index is 5.86. The van der Waals surface area contributed by atoms with Crippen molar-refractivity contribution in [2.75, 3.05) is 7.05 Å². The van der Waals surface area contributed by atoms with Crippen LogP contribution < -0.4 is 15.4 Å². The maximum atomic E-state index is 5.86. The second-order valence-corrected chi connectivity index (χ2v) is 7.05. The summed E-state index contributed by atoms with van der Waals surface area (Å²) < 4.78 is 11.4. The minimum absolute atomic E-state index is 0.434. The predicted octanol–water partition coefficient (Wildman–Crippen LogP) is 4.18. The Hall–Kier alpha value is -4.13. The fourth-order valence-electron chi connectivity index (χ4n) is 3.07. The molecule has 0 unspecified atom stereocenters. The molecule has 0 saturated carbocycles. The molecule has 0 radical (unpaired) electrons. The van der Waals surface area contributed by atoms with Crippen LogP contribution in [0.1, 0.15) is 17.0 Å². The lowest BCUT2D eigenvalue weighted by molar-refractivity contribution is 0.301. The molecule has 7 heteroatoms. The summed E-state index contributed by atoms with van der Waals surface area (Å²) in [6.45, 7) is 1.54. The van der Waals surface area contributed by atoms with Gasteiger partial charge in [0.2, 0.25) is 5.89 Å². The molecule has 2 aromatic carbocycles. The van der Waals surface area contributed by atoms with Crippen molar-refractivity contribution in [2.24, 2.45) is 4.99 Å². The van der Waals surface area contributed by atoms with Gasteiger partial charge in [0.1, 0.15) is 18.6 Å². The molecule has 2 heterocycles. The lowest BCUT2D eigenvalue weighted by Crippen LogP contribution is -2.36. The summed E-state index contributed by atoms with van der Waals surface area (Å²) in [6, 6.07) is 23.6. The van der Waals surface area contributed by atoms with Crippen molar-refractivity contribution in [3.8, 4) is 17.2 Å². The standard InChI is InChI=1S/C25H25N5O2/c1-26-25(29-16-22-18-32-24(30-22)20-9-3-2-4-10-20)28-15-19-8-7-12-23(14-19)31-17-21-11-5-6-13-27-21/h2-14,18H,15-17H2,1H3,(H2,26,28,29). The normalized spacial score (nSPS) is 11.2. The van der Waals surface area contributed by atoms with E-state index >= 15 is 0 Å². The molecule has 2 N–H and O–H groups in total. The maximum Gasteiger partial charge on any atom is 0.226 e. The average Bonchev–Trinajstić information content (AvgIpc) is 3.33. The first kappa shape index (κ1) is 21.1. The van der Waals surface area contributed by atoms with Crippen molar-refractivity contribution in [3.63, 3.8) is 0 Å². The van der Waals surface area contributed by atoms with E-state index in [1.54, 1.807) is 19.5 Å². The zero-order chi connectivity index (χ0) is 22.0. The van der Waals surface area contributed by atoms with Gasteiger partial charge in [-0.3, -0.25) is 9.98 Å². The van der Waals surface area contributed by atoms with E-state index in [0.29, 0.717) is 31.5 Å². The van der Waals surface area contributed by atoms with Crippen LogP contribution in [-0.2, 0) is 19.7 Å². The zero-order valence-corrected chi connectivity index (χ0v) is 17.9. The van der Waals surface area contributed by atoms with Gasteiger partial charge in [0.15, 0.2) is 5.96 Å². The van der Waals surface area contributed by atoms with Crippen LogP contribution in [0.4, 0.5) is 0 Å². The SMILES string of the molecule is CN=C(NCc1cccc(OCc2ccccn2)c1)NCc1coc(-c2ccccc2)n1. The molecule has 0 aliphatic heterocycles. The van der Waals surface area contributed by atoms with E-state index in [4.69, 9.17) is 9.15 Å². The molecule has 0 amide bonds. The molecule has 7 nitrogen and oxygen atoms in total. The summed E-state index contributed by atoms with van der Waals surface area (Å²) in [6.07, 6.45) is 3.42. The zero-order valence-electron chi connectivity index (χ0n) is 17.9. The van der Waals surface area contributed by atoms with Gasteiger partial charge in [0, 0.05) is 25.4 Å². The Morgan fingerprint density at radius 3 is 2.59 bits per heavy atom. The van der Waals surface area contributed by atoms with E-state index in [2.05, 4.69) is 25.6 Å². The number of nitrogens with zero attached hydrogens (tertiary/aromatic N) is 3. The van der Waals surface area contributed by atoms with Crippen molar-refractivity contribution in [1.82, 2.24) is 20.6 Å². The number of pyridine rings is 1. The highest BCUT2D eigenvalue weighted by Gasteiger charge is 2.07. The molecule has 0 spiro atoms. The molecular weight excluding hydrogens is 402 g/mol. The third-order valence-electron chi connectivity index (χ3n) is 4.70. The lowest BCUT2D eigenvalue weighted by Gasteiger charge is -2.12. The third kappa shape index (κ3) is 5.95. The molecule has 162 valence electrons. The van der Waals surface area contributed by atoms with Gasteiger partial charge in [0.05, 0.1) is 17.9 Å². The molecule has 0 aliphatic carbocycles. The Bertz CT molecular complexity index is 1140. The Morgan fingerprint density at radius 2 is 1.78 bits per heavy atom. The summed E-state index contributed by atoms with van der Waals surface area (Å²) in [5.41, 5.74) is 3.73. The van der Waals surface area contributed by atoms with Crippen LogP contribution in [-0.4, -0.2) is 23.0 Å². The van der Waals surface area contributed by atoms with Gasteiger partial charge in [-0.2, -0.15) is 0 Å². The number of rotatable bonds is 8. The van der Waals surface area contributed by atoms with Crippen LogP contribution in [0.5, 0.6) is 5.75 Å². The Balaban J connectivity index is 1.27. The number of ether oxygens (including phenoxy) is 1. The van der Waals surface area contributed by atoms with Crippen molar-refractivity contribution in [3.05, 3.63) is 102 Å². The third-order valence-corrected chi connectivity index (χ3v) is 4.70. The van der Waals surface area contributed by atoms with Gasteiger partial charge in [0.25, 0.3) is 0 Å². The Morgan fingerprint density at radius 1 is 0.938 bits per heavy atom. The summed E-state index contributed by atoms with van der Waals surface area (Å²) in [5, 5.41) is 6.57. The average molecular weight is 428 g/mol. The monoisotopic (exact) mass is 427 g/mol. The minimum atomic E-state index is 0.434. The highest BCUT2D eigenvalue weighted by molar-refractivity contribution is 5.79. The van der Waals surface area contributed by atoms with Gasteiger partial charge >= 0.3 is 0 Å². The highest BCUT2D eigenvalue weighted by atomic mass is 16.5. The summed E-state index contributed by atoms with van der Waals surface area (Å²) in [7, 11) is 1.74. The van der Waals surface area contributed by atoms with E-state index in [-0.39, 0.29) is 0 Å². The highest BCUT2D eigenvalue weighted by Crippen LogP contribution is 2.18. The first-order valence-electron chi connectivity index (χ1n) is 10.4. The first-order chi connectivity index (χ1) is 15.8. The number of hydrogen-bond donors (Lipinski definition) is 2. The molecule has 0 saturated heterocycles. The predicted molar refractivity (Wildman–Crippen MR) is 124 cm³/mol. The van der Waals surface area contributed by atoms with Crippen molar-refractivity contribution < 1.29 is 9.15 Å². The number of benzene rings is 2. The second kappa shape index (κ2) is 10.8. The fraction of sp³-hybridized carbons (Fsp3) is 0.160. The number of aliphatic imine (C=N–C) groups is 1. The van der Waals surface area contributed by atoms with E-state index < -0.39 is 0 Å². The number of hydrogen-bond acceptors (Lipinski definition) is 5. The molecule has 0 aliphatic rings. The van der Waals surface area contributed by atoms with Crippen molar-refractivity contribution in [1.29, 1.82) is 0 Å². The van der Waals surface area contributed by atoms with Crippen LogP contribution >= 0.6 is 0 Å². The molecule has 0 fully saturated rings. The lowest BCUT2D eigenvalue weighted by atomic mass is 10.2. The van der Waals surface area contributed by atoms with Gasteiger partial charge in [-0.1, -0.05) is 36.4 Å². The van der Waals surface area contributed by atoms with Crippen molar-refractivity contribution >= 4 is 5.96 Å². The largest absolute Gasteiger partial charge is 0.487 e. The summed E-state index contributed by atoms with van der Waals surface area (Å²) in [4.78, 5) is 13.1. The molecule has 4 rings (SSSR count). The molecular formula is C25H25N5O2. The Labute approximate surface area is 187 Å². The van der Waals surface area contributed by atoms with Gasteiger partial charge in [-0.15, -0.1) is 0 Å². The summed E-state index contributed by atoms with van der Waals surface area (Å²) >= 11 is 0. The van der Waals surface area contributed by atoms with Gasteiger partial charge in [-0.05, 0) is 42.0 Å². The number of nitrogens with one attached hydrogen (secondary N) is 2. The van der Waals surface area contributed by atoms with E-state index in [1.807, 2.05) is 72.8 Å². The Kier molecular flexibility index (Phi) is 7.10. The molecule has 32 heavy (non-hydrogen) atoms. The summed E-state index contributed by atoms with van der Waals surface area (Å²) in [5.74, 6) is 2.08. The van der Waals surface area contributed by atoms with Crippen LogP contribution in [0.15, 0.2) is 94.7 Å². The smallest absolute Gasteiger partial charge is 0.226 e. The van der Waals surface area contributed by atoms with Gasteiger partial charge < -0.3 is 19.8 Å². The van der Waals surface area contributed by atoms with Crippen LogP contribution in [0.25, 0.3) is 11.5 Å². The number of aromatic nitrogens is 2. The first-order valence-corrected chi connectivity index (χ1v) is 10.4. The van der Waals surface area contributed by atoms with E-state index in [0.717, 1.165) is 28.3 Å². The van der Waals surface area contributed by atoms with Crippen LogP contribution in [0.2, 0.25) is 0 Å². The molecule has 2 aromatic heterocycles. The van der Waals surface area contributed by atoms with E-state index in [1.165, 1.54) is 0 Å². The minimum Gasteiger partial charge on any atom is -0.487 e. The van der Waals surface area contributed by atoms with E-state index in [9.17, 15) is 0 Å². The molecule has 0 bridgehead atoms. The fourth-order valence-corrected chi connectivity index (χ4v) is 3.07. The molecule has 0 atom stereocenters. The van der Waals surface area contributed by atoms with Crippen molar-refractivity contribution in [2.45, 2.75) is 19.7 Å². The quantitative estimate of drug-likeness (QED) is 0.324. The van der Waals surface area contributed by atoms with Crippen LogP contribution in [0, 0.1) is 0 Å². The second-order valence-electron chi connectivity index (χ2n) is 7.05. The van der Waals surface area contributed by atoms with Crippen LogP contribution in [0.3, 0.4) is 0 Å². The number of guanidine groups is 1. The molecule has 4 aromatic rings. The number of oxazole rings is 1. The van der Waals surface area contributed by atoms with Gasteiger partial charge in [-0.25, -0.2) is 4.98 Å².